The fourth-order valence-corrected chi connectivity index (χ4v) is 5.94. The lowest BCUT2D eigenvalue weighted by molar-refractivity contribution is -0.140. The molecule has 0 bridgehead atoms. The summed E-state index contributed by atoms with van der Waals surface area (Å²) in [6.07, 6.45) is -3.46. The van der Waals surface area contributed by atoms with Crippen LogP contribution in [0.5, 0.6) is 5.75 Å². The van der Waals surface area contributed by atoms with E-state index in [4.69, 9.17) is 21.1 Å². The minimum atomic E-state index is -5.00. The molecule has 4 aromatic rings. The molecule has 1 atom stereocenters. The molecular weight excluding hydrogens is 657 g/mol. The molecule has 0 fully saturated rings. The molecule has 12 heteroatoms. The maximum atomic E-state index is 14.3. The predicted octanol–water partition coefficient (Wildman–Crippen LogP) is 6.34. The summed E-state index contributed by atoms with van der Waals surface area (Å²) in [5, 5.41) is 0.335. The lowest BCUT2D eigenvalue weighted by atomic mass is 9.95. The fourth-order valence-electron chi connectivity index (χ4n) is 4.44. The number of carbonyl (C=O) groups excluding carboxylic acids is 1. The molecule has 0 spiro atoms. The smallest absolute Gasteiger partial charge is 0.434 e. The summed E-state index contributed by atoms with van der Waals surface area (Å²) in [5.41, 5.74) is -1.13. The third kappa shape index (κ3) is 6.23. The van der Waals surface area contributed by atoms with Crippen molar-refractivity contribution in [2.24, 2.45) is 4.99 Å². The number of carbonyl (C=O) groups is 1. The van der Waals surface area contributed by atoms with Gasteiger partial charge in [0.2, 0.25) is 0 Å². The van der Waals surface area contributed by atoms with Crippen LogP contribution in [-0.2, 0) is 16.1 Å². The van der Waals surface area contributed by atoms with Gasteiger partial charge in [-0.2, -0.15) is 13.2 Å². The Morgan fingerprint density at radius 2 is 1.83 bits per heavy atom. The van der Waals surface area contributed by atoms with Gasteiger partial charge in [-0.25, -0.2) is 9.79 Å². The van der Waals surface area contributed by atoms with E-state index in [0.717, 1.165) is 21.5 Å². The molecule has 0 saturated heterocycles. The Bertz CT molecular complexity index is 1850. The Balaban J connectivity index is 1.70. The van der Waals surface area contributed by atoms with E-state index in [1.54, 1.807) is 18.2 Å². The quantitative estimate of drug-likeness (QED) is 0.214. The number of fused-ring (bicyclic) bond motifs is 1. The summed E-state index contributed by atoms with van der Waals surface area (Å²) in [6, 6.07) is 19.2. The van der Waals surface area contributed by atoms with Gasteiger partial charge in [0.25, 0.3) is 5.56 Å². The van der Waals surface area contributed by atoms with Gasteiger partial charge >= 0.3 is 12.1 Å². The maximum Gasteiger partial charge on any atom is 0.434 e. The number of allylic oxidation sites excluding steroid dienone is 1. The minimum absolute atomic E-state index is 0.0991. The van der Waals surface area contributed by atoms with Crippen molar-refractivity contribution >= 4 is 50.9 Å². The van der Waals surface area contributed by atoms with Crippen LogP contribution < -0.4 is 19.6 Å². The molecule has 0 amide bonds. The molecule has 0 N–H and O–H groups in total. The number of nitrogens with zero attached hydrogens (tertiary/aromatic N) is 2. The monoisotopic (exact) mass is 676 g/mol. The van der Waals surface area contributed by atoms with Crippen LogP contribution in [0.25, 0.3) is 6.08 Å². The van der Waals surface area contributed by atoms with Crippen LogP contribution in [-0.4, -0.2) is 23.3 Å². The highest BCUT2D eigenvalue weighted by Crippen LogP contribution is 2.38. The van der Waals surface area contributed by atoms with Crippen LogP contribution in [0, 0.1) is 0 Å². The summed E-state index contributed by atoms with van der Waals surface area (Å²) in [4.78, 5) is 30.4. The van der Waals surface area contributed by atoms with Gasteiger partial charge in [0, 0.05) is 15.1 Å². The SMILES string of the molecule is CCOC(=O)C1=C(C(F)(F)F)N=c2s/c(=C\c3cc(Br)ccc3OCc3ccccc3)c(=O)n2[C@@H]1c1ccc(Cl)cc1. The van der Waals surface area contributed by atoms with Crippen LogP contribution in [0.15, 0.2) is 98.3 Å². The summed E-state index contributed by atoms with van der Waals surface area (Å²) in [6.45, 7) is 1.58. The zero-order chi connectivity index (χ0) is 30.0. The molecule has 3 aromatic carbocycles. The lowest BCUT2D eigenvalue weighted by Crippen LogP contribution is -2.41. The molecule has 216 valence electrons. The second kappa shape index (κ2) is 12.3. The minimum Gasteiger partial charge on any atom is -0.488 e. The molecule has 5 rings (SSSR count). The molecule has 2 heterocycles. The van der Waals surface area contributed by atoms with Crippen molar-refractivity contribution < 1.29 is 27.4 Å². The predicted molar refractivity (Wildman–Crippen MR) is 157 cm³/mol. The zero-order valence-corrected chi connectivity index (χ0v) is 25.0. The summed E-state index contributed by atoms with van der Waals surface area (Å²) in [7, 11) is 0. The molecule has 0 aliphatic carbocycles. The van der Waals surface area contributed by atoms with Gasteiger partial charge in [0.1, 0.15) is 12.4 Å². The first-order valence-electron chi connectivity index (χ1n) is 12.6. The van der Waals surface area contributed by atoms with Crippen molar-refractivity contribution in [1.82, 2.24) is 4.57 Å². The Labute approximate surface area is 255 Å². The van der Waals surface area contributed by atoms with Gasteiger partial charge in [0.05, 0.1) is 22.8 Å². The number of hydrogen-bond donors (Lipinski definition) is 0. The lowest BCUT2D eigenvalue weighted by Gasteiger charge is -2.26. The molecule has 42 heavy (non-hydrogen) atoms. The van der Waals surface area contributed by atoms with Gasteiger partial charge in [-0.15, -0.1) is 0 Å². The van der Waals surface area contributed by atoms with Crippen LogP contribution in [0.1, 0.15) is 29.7 Å². The first-order valence-corrected chi connectivity index (χ1v) is 14.6. The summed E-state index contributed by atoms with van der Waals surface area (Å²) >= 11 is 10.2. The molecule has 1 aliphatic heterocycles. The van der Waals surface area contributed by atoms with Crippen LogP contribution in [0.4, 0.5) is 13.2 Å². The molecule has 0 unspecified atom stereocenters. The third-order valence-corrected chi connectivity index (χ3v) is 8.00. The Hall–Kier alpha value is -3.67. The number of benzene rings is 3. The molecule has 0 saturated carbocycles. The van der Waals surface area contributed by atoms with E-state index in [9.17, 15) is 22.8 Å². The number of thiazole rings is 1. The average molecular weight is 678 g/mol. The zero-order valence-electron chi connectivity index (χ0n) is 21.8. The van der Waals surface area contributed by atoms with Crippen molar-refractivity contribution in [2.75, 3.05) is 6.61 Å². The third-order valence-electron chi connectivity index (χ3n) is 6.28. The summed E-state index contributed by atoms with van der Waals surface area (Å²) < 4.78 is 55.9. The highest BCUT2D eigenvalue weighted by Gasteiger charge is 2.45. The van der Waals surface area contributed by atoms with E-state index >= 15 is 0 Å². The van der Waals surface area contributed by atoms with Gasteiger partial charge < -0.3 is 9.47 Å². The number of ether oxygens (including phenoxy) is 2. The number of alkyl halides is 3. The van der Waals surface area contributed by atoms with Crippen molar-refractivity contribution in [3.8, 4) is 5.75 Å². The van der Waals surface area contributed by atoms with Crippen LogP contribution >= 0.6 is 38.9 Å². The number of esters is 1. The molecule has 0 radical (unpaired) electrons. The van der Waals surface area contributed by atoms with Crippen molar-refractivity contribution in [1.29, 1.82) is 0 Å². The van der Waals surface area contributed by atoms with E-state index in [1.807, 2.05) is 30.3 Å². The van der Waals surface area contributed by atoms with E-state index in [0.29, 0.717) is 20.8 Å². The fraction of sp³-hybridized carbons (Fsp3) is 0.167. The standard InChI is InChI=1S/C30H21BrClF3N2O4S/c1-2-40-28(39)24-25(18-8-11-21(32)12-9-18)37-27(38)23(42-29(37)36-26(24)30(33,34)35)15-19-14-20(31)10-13-22(19)41-16-17-6-4-3-5-7-17/h3-15,25H,2,16H2,1H3/b23-15-/t25-/m1/s1. The number of rotatable bonds is 7. The Morgan fingerprint density at radius 3 is 2.50 bits per heavy atom. The van der Waals surface area contributed by atoms with Gasteiger partial charge in [0.15, 0.2) is 10.5 Å². The van der Waals surface area contributed by atoms with E-state index in [-0.39, 0.29) is 28.1 Å². The number of aromatic nitrogens is 1. The van der Waals surface area contributed by atoms with E-state index < -0.39 is 35.0 Å². The average Bonchev–Trinajstić information content (AvgIpc) is 3.27. The molecular formula is C30H21BrClF3N2O4S. The van der Waals surface area contributed by atoms with Crippen LogP contribution in [0.3, 0.4) is 0 Å². The second-order valence-electron chi connectivity index (χ2n) is 9.07. The van der Waals surface area contributed by atoms with Gasteiger partial charge in [-0.05, 0) is 54.5 Å². The highest BCUT2D eigenvalue weighted by molar-refractivity contribution is 9.10. The van der Waals surface area contributed by atoms with Crippen molar-refractivity contribution in [3.05, 3.63) is 130 Å². The van der Waals surface area contributed by atoms with Crippen LogP contribution in [0.2, 0.25) is 5.02 Å². The normalized spacial score (nSPS) is 15.3. The maximum absolute atomic E-state index is 14.3. The molecule has 1 aliphatic rings. The number of halogens is 5. The first kappa shape index (κ1) is 29.8. The van der Waals surface area contributed by atoms with E-state index in [2.05, 4.69) is 20.9 Å². The number of hydrogen-bond acceptors (Lipinski definition) is 6. The molecule has 1 aromatic heterocycles. The highest BCUT2D eigenvalue weighted by atomic mass is 79.9. The Kier molecular flexibility index (Phi) is 8.72. The van der Waals surface area contributed by atoms with E-state index in [1.165, 1.54) is 37.3 Å². The topological polar surface area (TPSA) is 69.9 Å². The Morgan fingerprint density at radius 1 is 1.12 bits per heavy atom. The van der Waals surface area contributed by atoms with Gasteiger partial charge in [-0.3, -0.25) is 9.36 Å². The first-order chi connectivity index (χ1) is 20.1. The van der Waals surface area contributed by atoms with Gasteiger partial charge in [-0.1, -0.05) is 81.3 Å². The molecule has 6 nitrogen and oxygen atoms in total. The van der Waals surface area contributed by atoms with Crippen molar-refractivity contribution in [3.63, 3.8) is 0 Å². The second-order valence-corrected chi connectivity index (χ2v) is 11.4. The largest absolute Gasteiger partial charge is 0.488 e. The van der Waals surface area contributed by atoms with Crippen molar-refractivity contribution in [2.45, 2.75) is 25.7 Å². The summed E-state index contributed by atoms with van der Waals surface area (Å²) in [5.74, 6) is -0.753.